The van der Waals surface area contributed by atoms with Gasteiger partial charge in [0.2, 0.25) is 11.6 Å². The number of hydrogen-bond donors (Lipinski definition) is 3. The lowest BCUT2D eigenvalue weighted by Crippen LogP contribution is -2.30. The molecule has 27 heavy (non-hydrogen) atoms. The number of allylic oxidation sites excluding steroid dienone is 1. The first-order valence-electron chi connectivity index (χ1n) is 8.66. The maximum absolute atomic E-state index is 11.9. The Labute approximate surface area is 155 Å². The summed E-state index contributed by atoms with van der Waals surface area (Å²) < 4.78 is 4.96. The number of nitrogens with one attached hydrogen (secondary N) is 3. The van der Waals surface area contributed by atoms with Crippen molar-refractivity contribution in [3.63, 3.8) is 0 Å². The third-order valence-electron chi connectivity index (χ3n) is 4.17. The van der Waals surface area contributed by atoms with Gasteiger partial charge in [0.1, 0.15) is 6.33 Å². The lowest BCUT2D eigenvalue weighted by Gasteiger charge is -2.13. The molecule has 0 aliphatic heterocycles. The molecular formula is C17H20N6O4. The highest BCUT2D eigenvalue weighted by molar-refractivity contribution is 5.92. The van der Waals surface area contributed by atoms with Gasteiger partial charge in [0.05, 0.1) is 11.2 Å². The van der Waals surface area contributed by atoms with E-state index in [2.05, 4.69) is 32.2 Å². The smallest absolute Gasteiger partial charge is 0.354 e. The zero-order valence-electron chi connectivity index (χ0n) is 14.6. The monoisotopic (exact) mass is 372 g/mol. The quantitative estimate of drug-likeness (QED) is 0.365. The Bertz CT molecular complexity index is 834. The molecule has 0 bridgehead atoms. The molecule has 0 saturated heterocycles. The highest BCUT2D eigenvalue weighted by Crippen LogP contribution is 2.28. The minimum absolute atomic E-state index is 0.0679. The van der Waals surface area contributed by atoms with Gasteiger partial charge in [-0.05, 0) is 44.2 Å². The molecule has 2 heterocycles. The van der Waals surface area contributed by atoms with Crippen LogP contribution in [0.15, 0.2) is 40.8 Å². The van der Waals surface area contributed by atoms with E-state index in [0.717, 1.165) is 19.3 Å². The van der Waals surface area contributed by atoms with Crippen LogP contribution in [0.5, 0.6) is 0 Å². The molecule has 3 N–H and O–H groups in total. The minimum atomic E-state index is -0.594. The fourth-order valence-electron chi connectivity index (χ4n) is 2.83. The van der Waals surface area contributed by atoms with Gasteiger partial charge >= 0.3 is 11.6 Å². The second-order valence-corrected chi connectivity index (χ2v) is 6.02. The van der Waals surface area contributed by atoms with Gasteiger partial charge in [0.15, 0.2) is 5.76 Å². The van der Waals surface area contributed by atoms with Crippen molar-refractivity contribution in [3.05, 3.63) is 52.2 Å². The van der Waals surface area contributed by atoms with Gasteiger partial charge in [-0.25, -0.2) is 9.97 Å². The third-order valence-corrected chi connectivity index (χ3v) is 4.17. The van der Waals surface area contributed by atoms with Crippen LogP contribution >= 0.6 is 0 Å². The Hall–Kier alpha value is -3.43. The van der Waals surface area contributed by atoms with E-state index >= 15 is 0 Å². The first kappa shape index (κ1) is 18.4. The Morgan fingerprint density at radius 2 is 2.15 bits per heavy atom. The van der Waals surface area contributed by atoms with Crippen molar-refractivity contribution in [1.29, 1.82) is 0 Å². The van der Waals surface area contributed by atoms with E-state index in [0.29, 0.717) is 6.54 Å². The second kappa shape index (κ2) is 8.79. The highest BCUT2D eigenvalue weighted by atomic mass is 16.6. The van der Waals surface area contributed by atoms with Gasteiger partial charge in [-0.15, -0.1) is 0 Å². The highest BCUT2D eigenvalue weighted by Gasteiger charge is 2.23. The van der Waals surface area contributed by atoms with Crippen molar-refractivity contribution in [2.24, 2.45) is 0 Å². The first-order chi connectivity index (χ1) is 13.1. The van der Waals surface area contributed by atoms with Crippen LogP contribution < -0.4 is 16.2 Å². The van der Waals surface area contributed by atoms with E-state index in [9.17, 15) is 14.9 Å². The number of hydrogen-bond acceptors (Lipinski definition) is 8. The number of nitro groups is 1. The van der Waals surface area contributed by atoms with Crippen LogP contribution in [0.4, 0.5) is 17.3 Å². The van der Waals surface area contributed by atoms with Crippen LogP contribution in [-0.4, -0.2) is 27.3 Å². The minimum Gasteiger partial charge on any atom is -0.459 e. The summed E-state index contributed by atoms with van der Waals surface area (Å²) in [7, 11) is 0. The van der Waals surface area contributed by atoms with Gasteiger partial charge in [-0.3, -0.25) is 25.8 Å². The molecule has 1 aliphatic carbocycles. The first-order valence-corrected chi connectivity index (χ1v) is 8.66. The molecule has 2 aromatic heterocycles. The maximum Gasteiger partial charge on any atom is 0.354 e. The molecule has 0 aromatic carbocycles. The molecule has 2 aromatic rings. The molecule has 0 fully saturated rings. The van der Waals surface area contributed by atoms with Crippen LogP contribution in [0.1, 0.15) is 42.7 Å². The Morgan fingerprint density at radius 1 is 1.30 bits per heavy atom. The number of furan rings is 1. The summed E-state index contributed by atoms with van der Waals surface area (Å²) in [6.45, 7) is 0.530. The zero-order valence-corrected chi connectivity index (χ0v) is 14.6. The topological polar surface area (TPSA) is 135 Å². The van der Waals surface area contributed by atoms with Gasteiger partial charge in [0.25, 0.3) is 0 Å². The van der Waals surface area contributed by atoms with Gasteiger partial charge < -0.3 is 9.73 Å². The lowest BCUT2D eigenvalue weighted by molar-refractivity contribution is -0.383. The van der Waals surface area contributed by atoms with E-state index in [1.807, 2.05) is 0 Å². The Morgan fingerprint density at radius 3 is 2.85 bits per heavy atom. The predicted octanol–water partition coefficient (Wildman–Crippen LogP) is 3.04. The molecule has 142 valence electrons. The zero-order chi connectivity index (χ0) is 19.1. The van der Waals surface area contributed by atoms with Crippen LogP contribution in [0, 0.1) is 10.1 Å². The van der Waals surface area contributed by atoms with E-state index < -0.39 is 10.8 Å². The average molecular weight is 372 g/mol. The molecule has 10 nitrogen and oxygen atoms in total. The molecule has 0 radical (unpaired) electrons. The van der Waals surface area contributed by atoms with Crippen molar-refractivity contribution in [2.75, 3.05) is 17.3 Å². The Kier molecular flexibility index (Phi) is 5.98. The van der Waals surface area contributed by atoms with Crippen LogP contribution in [-0.2, 0) is 0 Å². The molecule has 1 aliphatic rings. The van der Waals surface area contributed by atoms with Crippen molar-refractivity contribution in [3.8, 4) is 0 Å². The number of carbonyl (C=O) groups is 1. The SMILES string of the molecule is O=C(NNc1ncnc(NCCC2=CCCCC2)c1[N+](=O)[O-])c1ccco1. The molecule has 0 saturated carbocycles. The molecule has 10 heteroatoms. The maximum atomic E-state index is 11.9. The van der Waals surface area contributed by atoms with Crippen LogP contribution in [0.2, 0.25) is 0 Å². The number of rotatable bonds is 8. The molecule has 3 rings (SSSR count). The van der Waals surface area contributed by atoms with E-state index in [1.54, 1.807) is 6.07 Å². The number of anilines is 2. The van der Waals surface area contributed by atoms with Crippen molar-refractivity contribution in [1.82, 2.24) is 15.4 Å². The fraction of sp³-hybridized carbons (Fsp3) is 0.353. The summed E-state index contributed by atoms with van der Waals surface area (Å²) in [5.74, 6) is -0.527. The molecule has 1 amide bonds. The number of amides is 1. The van der Waals surface area contributed by atoms with E-state index in [4.69, 9.17) is 4.42 Å². The second-order valence-electron chi connectivity index (χ2n) is 6.02. The fourth-order valence-corrected chi connectivity index (χ4v) is 2.83. The molecule has 0 spiro atoms. The van der Waals surface area contributed by atoms with Crippen LogP contribution in [0.25, 0.3) is 0 Å². The largest absolute Gasteiger partial charge is 0.459 e. The van der Waals surface area contributed by atoms with Gasteiger partial charge in [0, 0.05) is 6.54 Å². The van der Waals surface area contributed by atoms with E-state index in [-0.39, 0.29) is 23.1 Å². The summed E-state index contributed by atoms with van der Waals surface area (Å²) >= 11 is 0. The summed E-state index contributed by atoms with van der Waals surface area (Å²) in [5, 5.41) is 14.5. The summed E-state index contributed by atoms with van der Waals surface area (Å²) in [4.78, 5) is 30.6. The Balaban J connectivity index is 1.65. The van der Waals surface area contributed by atoms with Crippen molar-refractivity contribution in [2.45, 2.75) is 32.1 Å². The van der Waals surface area contributed by atoms with Gasteiger partial charge in [-0.2, -0.15) is 0 Å². The molecule has 0 unspecified atom stereocenters. The predicted molar refractivity (Wildman–Crippen MR) is 98.1 cm³/mol. The average Bonchev–Trinajstić information content (AvgIpc) is 3.21. The third kappa shape index (κ3) is 4.81. The molecule has 0 atom stereocenters. The number of carbonyl (C=O) groups excluding carboxylic acids is 1. The van der Waals surface area contributed by atoms with Crippen LogP contribution in [0.3, 0.4) is 0 Å². The standard InChI is InChI=1S/C17H20N6O4/c24-17(13-7-4-10-27-13)22-21-16-14(23(25)26)15(19-11-20-16)18-9-8-12-5-2-1-3-6-12/h4-5,7,10-11H,1-3,6,8-9H2,(H,22,24)(H2,18,19,20,21). The lowest BCUT2D eigenvalue weighted by atomic mass is 9.97. The van der Waals surface area contributed by atoms with Crippen molar-refractivity contribution < 1.29 is 14.1 Å². The number of hydrazine groups is 1. The van der Waals surface area contributed by atoms with Gasteiger partial charge in [-0.1, -0.05) is 11.6 Å². The number of nitrogens with zero attached hydrogens (tertiary/aromatic N) is 3. The summed E-state index contributed by atoms with van der Waals surface area (Å²) in [5.41, 5.74) is 5.79. The van der Waals surface area contributed by atoms with Crippen molar-refractivity contribution >= 4 is 23.2 Å². The normalized spacial score (nSPS) is 13.6. The summed E-state index contributed by atoms with van der Waals surface area (Å²) in [6.07, 6.45) is 10.1. The molecular weight excluding hydrogens is 352 g/mol. The summed E-state index contributed by atoms with van der Waals surface area (Å²) in [6, 6.07) is 3.03. The van der Waals surface area contributed by atoms with E-state index in [1.165, 1.54) is 37.1 Å². The number of aromatic nitrogens is 2.